The van der Waals surface area contributed by atoms with Crippen LogP contribution in [0.1, 0.15) is 15.9 Å². The number of hydrogen-bond donors (Lipinski definition) is 2. The third-order valence-electron chi connectivity index (χ3n) is 2.72. The minimum absolute atomic E-state index is 0.0342. The Morgan fingerprint density at radius 2 is 2.32 bits per heavy atom. The number of hydrogen-bond acceptors (Lipinski definition) is 3. The third kappa shape index (κ3) is 3.31. The number of nitrogens with two attached hydrogens (primary N) is 1. The summed E-state index contributed by atoms with van der Waals surface area (Å²) in [4.78, 5) is 11.8. The van der Waals surface area contributed by atoms with Crippen LogP contribution >= 0.6 is 0 Å². The molecule has 0 unspecified atom stereocenters. The first-order valence-corrected chi connectivity index (χ1v) is 5.87. The molecule has 2 rings (SSSR count). The Hall–Kier alpha value is -2.37. The topological polar surface area (TPSA) is 72.9 Å². The molecule has 0 spiro atoms. The predicted octanol–water partition coefficient (Wildman–Crippen LogP) is 1.11. The van der Waals surface area contributed by atoms with Crippen LogP contribution in [0.2, 0.25) is 0 Å². The number of nitrogen functional groups attached to an aromatic ring is 1. The summed E-state index contributed by atoms with van der Waals surface area (Å²) < 4.78 is 14.9. The molecule has 0 fully saturated rings. The molecule has 5 nitrogen and oxygen atoms in total. The van der Waals surface area contributed by atoms with E-state index in [2.05, 4.69) is 10.4 Å². The largest absolute Gasteiger partial charge is 0.396 e. The van der Waals surface area contributed by atoms with Gasteiger partial charge in [0.25, 0.3) is 5.91 Å². The zero-order chi connectivity index (χ0) is 13.8. The minimum Gasteiger partial charge on any atom is -0.396 e. The molecule has 0 saturated carbocycles. The first-order valence-electron chi connectivity index (χ1n) is 5.87. The molecule has 0 aliphatic rings. The average molecular weight is 262 g/mol. The second-order valence-electron chi connectivity index (χ2n) is 4.26. The van der Waals surface area contributed by atoms with Crippen LogP contribution in [0.25, 0.3) is 0 Å². The molecule has 0 bridgehead atoms. The maximum Gasteiger partial charge on any atom is 0.251 e. The van der Waals surface area contributed by atoms with Crippen molar-refractivity contribution in [2.75, 3.05) is 12.3 Å². The number of carbonyl (C=O) groups is 1. The van der Waals surface area contributed by atoms with E-state index in [-0.39, 0.29) is 17.2 Å². The fourth-order valence-electron chi connectivity index (χ4n) is 1.69. The van der Waals surface area contributed by atoms with Crippen LogP contribution in [-0.4, -0.2) is 22.2 Å². The number of anilines is 1. The normalized spacial score (nSPS) is 10.4. The molecule has 19 heavy (non-hydrogen) atoms. The van der Waals surface area contributed by atoms with E-state index in [4.69, 9.17) is 5.73 Å². The van der Waals surface area contributed by atoms with Crippen LogP contribution in [0.3, 0.4) is 0 Å². The number of carbonyl (C=O) groups excluding carboxylic acids is 1. The average Bonchev–Trinajstić information content (AvgIpc) is 2.78. The van der Waals surface area contributed by atoms with E-state index in [0.29, 0.717) is 13.0 Å². The molecule has 1 aromatic carbocycles. The lowest BCUT2D eigenvalue weighted by Crippen LogP contribution is -2.25. The van der Waals surface area contributed by atoms with E-state index < -0.39 is 5.82 Å². The van der Waals surface area contributed by atoms with Gasteiger partial charge in [-0.3, -0.25) is 9.48 Å². The molecule has 0 saturated heterocycles. The molecule has 6 heteroatoms. The highest BCUT2D eigenvalue weighted by Crippen LogP contribution is 2.11. The van der Waals surface area contributed by atoms with Gasteiger partial charge in [-0.1, -0.05) is 0 Å². The lowest BCUT2D eigenvalue weighted by atomic mass is 10.2. The standard InChI is InChI=1S/C13H15FN4O/c1-18-8-9(7-17-18)4-5-16-13(19)10-2-3-12(15)11(14)6-10/h2-3,6-8H,4-5,15H2,1H3,(H,16,19). The summed E-state index contributed by atoms with van der Waals surface area (Å²) in [6.45, 7) is 0.469. The van der Waals surface area contributed by atoms with Crippen LogP contribution < -0.4 is 11.1 Å². The van der Waals surface area contributed by atoms with Gasteiger partial charge in [-0.15, -0.1) is 0 Å². The molecule has 2 aromatic rings. The fraction of sp³-hybridized carbons (Fsp3) is 0.231. The highest BCUT2D eigenvalue weighted by atomic mass is 19.1. The van der Waals surface area contributed by atoms with Gasteiger partial charge in [-0.05, 0) is 30.2 Å². The van der Waals surface area contributed by atoms with E-state index in [0.717, 1.165) is 11.6 Å². The van der Waals surface area contributed by atoms with Gasteiger partial charge in [0.15, 0.2) is 0 Å². The number of aromatic nitrogens is 2. The van der Waals surface area contributed by atoms with Crippen molar-refractivity contribution in [3.05, 3.63) is 47.5 Å². The zero-order valence-corrected chi connectivity index (χ0v) is 10.6. The summed E-state index contributed by atoms with van der Waals surface area (Å²) >= 11 is 0. The Morgan fingerprint density at radius 3 is 2.95 bits per heavy atom. The van der Waals surface area contributed by atoms with Crippen LogP contribution in [0.4, 0.5) is 10.1 Å². The molecule has 1 amide bonds. The number of halogens is 1. The van der Waals surface area contributed by atoms with Crippen LogP contribution in [0, 0.1) is 5.82 Å². The van der Waals surface area contributed by atoms with Crippen molar-refractivity contribution in [1.29, 1.82) is 0 Å². The van der Waals surface area contributed by atoms with E-state index >= 15 is 0 Å². The lowest BCUT2D eigenvalue weighted by molar-refractivity contribution is 0.0953. The van der Waals surface area contributed by atoms with Gasteiger partial charge in [0.2, 0.25) is 0 Å². The van der Waals surface area contributed by atoms with Crippen LogP contribution in [0.15, 0.2) is 30.6 Å². The molecule has 0 aliphatic heterocycles. The quantitative estimate of drug-likeness (QED) is 0.811. The zero-order valence-electron chi connectivity index (χ0n) is 10.6. The fourth-order valence-corrected chi connectivity index (χ4v) is 1.69. The van der Waals surface area contributed by atoms with Crippen molar-refractivity contribution in [3.63, 3.8) is 0 Å². The third-order valence-corrected chi connectivity index (χ3v) is 2.72. The molecule has 0 atom stereocenters. The van der Waals surface area contributed by atoms with Crippen molar-refractivity contribution in [2.24, 2.45) is 7.05 Å². The van der Waals surface area contributed by atoms with Gasteiger partial charge >= 0.3 is 0 Å². The SMILES string of the molecule is Cn1cc(CCNC(=O)c2ccc(N)c(F)c2)cn1. The molecule has 0 radical (unpaired) electrons. The smallest absolute Gasteiger partial charge is 0.251 e. The Kier molecular flexibility index (Phi) is 3.79. The van der Waals surface area contributed by atoms with Crippen molar-refractivity contribution in [1.82, 2.24) is 15.1 Å². The first kappa shape index (κ1) is 13.1. The van der Waals surface area contributed by atoms with Crippen molar-refractivity contribution < 1.29 is 9.18 Å². The van der Waals surface area contributed by atoms with Crippen LogP contribution in [-0.2, 0) is 13.5 Å². The number of amides is 1. The summed E-state index contributed by atoms with van der Waals surface area (Å²) in [7, 11) is 1.83. The number of aryl methyl sites for hydroxylation is 1. The minimum atomic E-state index is -0.583. The van der Waals surface area contributed by atoms with Crippen LogP contribution in [0.5, 0.6) is 0 Å². The van der Waals surface area contributed by atoms with Crippen molar-refractivity contribution >= 4 is 11.6 Å². The van der Waals surface area contributed by atoms with Gasteiger partial charge in [0, 0.05) is 25.4 Å². The van der Waals surface area contributed by atoms with E-state index in [1.54, 1.807) is 10.9 Å². The van der Waals surface area contributed by atoms with E-state index in [1.165, 1.54) is 12.1 Å². The summed E-state index contributed by atoms with van der Waals surface area (Å²) in [5.41, 5.74) is 6.68. The highest BCUT2D eigenvalue weighted by Gasteiger charge is 2.08. The second-order valence-corrected chi connectivity index (χ2v) is 4.26. The molecule has 0 aliphatic carbocycles. The summed E-state index contributed by atoms with van der Waals surface area (Å²) in [6, 6.07) is 4.01. The summed E-state index contributed by atoms with van der Waals surface area (Å²) in [5.74, 6) is -0.900. The summed E-state index contributed by atoms with van der Waals surface area (Å²) in [6.07, 6.45) is 4.31. The van der Waals surface area contributed by atoms with Crippen molar-refractivity contribution in [3.8, 4) is 0 Å². The second kappa shape index (κ2) is 5.51. The predicted molar refractivity (Wildman–Crippen MR) is 70.1 cm³/mol. The van der Waals surface area contributed by atoms with Gasteiger partial charge in [-0.25, -0.2) is 4.39 Å². The molecule has 100 valence electrons. The van der Waals surface area contributed by atoms with Gasteiger partial charge in [-0.2, -0.15) is 5.10 Å². The molecule has 1 heterocycles. The highest BCUT2D eigenvalue weighted by molar-refractivity contribution is 5.94. The van der Waals surface area contributed by atoms with Gasteiger partial charge < -0.3 is 11.1 Å². The number of benzene rings is 1. The Bertz CT molecular complexity index is 594. The van der Waals surface area contributed by atoms with Crippen molar-refractivity contribution in [2.45, 2.75) is 6.42 Å². The maximum atomic E-state index is 13.2. The van der Waals surface area contributed by atoms with Gasteiger partial charge in [0.1, 0.15) is 5.82 Å². The molecule has 1 aromatic heterocycles. The number of rotatable bonds is 4. The molecular weight excluding hydrogens is 247 g/mol. The Morgan fingerprint density at radius 1 is 1.53 bits per heavy atom. The summed E-state index contributed by atoms with van der Waals surface area (Å²) in [5, 5.41) is 6.75. The number of nitrogens with one attached hydrogen (secondary N) is 1. The maximum absolute atomic E-state index is 13.2. The lowest BCUT2D eigenvalue weighted by Gasteiger charge is -2.05. The Balaban J connectivity index is 1.89. The molecule has 3 N–H and O–H groups in total. The Labute approximate surface area is 110 Å². The molecular formula is C13H15FN4O. The monoisotopic (exact) mass is 262 g/mol. The van der Waals surface area contributed by atoms with E-state index in [9.17, 15) is 9.18 Å². The number of nitrogens with zero attached hydrogens (tertiary/aromatic N) is 2. The van der Waals surface area contributed by atoms with Gasteiger partial charge in [0.05, 0.1) is 11.9 Å². The van der Waals surface area contributed by atoms with E-state index in [1.807, 2.05) is 13.2 Å². The first-order chi connectivity index (χ1) is 9.06.